The molecular weight excluding hydrogens is 935 g/mol. The van der Waals surface area contributed by atoms with Gasteiger partial charge in [0.25, 0.3) is 0 Å². The van der Waals surface area contributed by atoms with Crippen molar-refractivity contribution in [1.82, 2.24) is 0 Å². The number of ether oxygens (including phenoxy) is 3. The molecule has 368 valence electrons. The summed E-state index contributed by atoms with van der Waals surface area (Å²) in [4.78, 5) is 37.8. The first-order valence-corrected chi connectivity index (χ1v) is 42.3. The van der Waals surface area contributed by atoms with E-state index < -0.39 is 14.2 Å². The molecule has 0 spiro atoms. The third-order valence-corrected chi connectivity index (χ3v) is 51.9. The van der Waals surface area contributed by atoms with Crippen molar-refractivity contribution in [1.29, 1.82) is 0 Å². The number of esters is 3. The second-order valence-electron chi connectivity index (χ2n) is 17.8. The first-order chi connectivity index (χ1) is 30.4. The van der Waals surface area contributed by atoms with E-state index in [2.05, 4.69) is 54.5 Å². The van der Waals surface area contributed by atoms with E-state index in [4.69, 9.17) is 14.2 Å². The van der Waals surface area contributed by atoms with Gasteiger partial charge in [0.05, 0.1) is 0 Å². The third kappa shape index (κ3) is 45.4. The first-order valence-electron chi connectivity index (χ1n) is 26.8. The predicted octanol–water partition coefficient (Wildman–Crippen LogP) is 17.7. The van der Waals surface area contributed by atoms with Gasteiger partial charge < -0.3 is 0 Å². The molecule has 0 bridgehead atoms. The van der Waals surface area contributed by atoms with Crippen LogP contribution in [0.1, 0.15) is 272 Å². The summed E-state index contributed by atoms with van der Waals surface area (Å²) in [5.41, 5.74) is 0. The summed E-state index contributed by atoms with van der Waals surface area (Å²) in [5, 5.41) is 0. The average Bonchev–Trinajstić information content (AvgIpc) is 3.27. The van der Waals surface area contributed by atoms with Gasteiger partial charge in [0.15, 0.2) is 0 Å². The number of carbonyl (C=O) groups is 3. The van der Waals surface area contributed by atoms with Crippen LogP contribution in [0.25, 0.3) is 0 Å². The molecule has 0 unspecified atom stereocenters. The van der Waals surface area contributed by atoms with Gasteiger partial charge in [-0.3, -0.25) is 0 Å². The molecule has 0 amide bonds. The fourth-order valence-electron chi connectivity index (χ4n) is 7.81. The van der Waals surface area contributed by atoms with Gasteiger partial charge in [-0.2, -0.15) is 0 Å². The number of hydrogen-bond acceptors (Lipinski definition) is 9. The minimum absolute atomic E-state index is 0.0642. The molecule has 0 saturated carbocycles. The van der Waals surface area contributed by atoms with Crippen molar-refractivity contribution in [2.45, 2.75) is 276 Å². The van der Waals surface area contributed by atoms with Gasteiger partial charge in [-0.05, 0) is 0 Å². The van der Waals surface area contributed by atoms with Crippen LogP contribution in [0.4, 0.5) is 0 Å². The Hall–Kier alpha value is 0.259. The first kappa shape index (κ1) is 62.3. The van der Waals surface area contributed by atoms with E-state index in [1.165, 1.54) is 184 Å². The Morgan fingerprint density at radius 3 is 0.742 bits per heavy atom. The summed E-state index contributed by atoms with van der Waals surface area (Å²) >= 11 is -2.97. The van der Waals surface area contributed by atoms with E-state index in [-0.39, 0.29) is 17.9 Å². The Bertz CT molecular complexity index is 861. The zero-order valence-electron chi connectivity index (χ0n) is 41.5. The van der Waals surface area contributed by atoms with Crippen LogP contribution in [0.5, 0.6) is 0 Å². The number of rotatable bonds is 51. The fourth-order valence-corrected chi connectivity index (χ4v) is 46.1. The zero-order valence-corrected chi connectivity index (χ0v) is 46.8. The van der Waals surface area contributed by atoms with E-state index in [9.17, 15) is 14.4 Å². The van der Waals surface area contributed by atoms with E-state index in [1.54, 1.807) is 0 Å². The molecule has 0 heterocycles. The molecule has 0 N–H and O–H groups in total. The molecule has 0 rings (SSSR count). The van der Waals surface area contributed by atoms with Gasteiger partial charge in [-0.15, -0.1) is 0 Å². The van der Waals surface area contributed by atoms with Crippen LogP contribution in [0.3, 0.4) is 0 Å². The van der Waals surface area contributed by atoms with Crippen molar-refractivity contribution in [2.75, 3.05) is 37.1 Å². The molecular formula is C52H102O6S3Sn. The van der Waals surface area contributed by atoms with Crippen LogP contribution in [-0.4, -0.2) is 69.2 Å². The number of unbranched alkanes of at least 4 members (excludes halogenated alkanes) is 31. The predicted molar refractivity (Wildman–Crippen MR) is 279 cm³/mol. The van der Waals surface area contributed by atoms with Gasteiger partial charge in [-0.1, -0.05) is 117 Å². The summed E-state index contributed by atoms with van der Waals surface area (Å²) in [6.07, 6.45) is 45.8. The van der Waals surface area contributed by atoms with Crippen molar-refractivity contribution in [2.24, 2.45) is 0 Å². The van der Waals surface area contributed by atoms with Gasteiger partial charge >= 0.3 is 284 Å². The maximum absolute atomic E-state index is 12.6. The standard InChI is InChI=1S/3C16H32O2S.C4H9.Sn/c3*1-2-3-4-5-6-7-8-9-10-11-12-13-16(17)18-14-15-19;1-3-4-2;/h3*19H,2-15H2,1H3;1,3-4H2,2H3;/q;;;;+3/p-3. The summed E-state index contributed by atoms with van der Waals surface area (Å²) in [6, 6.07) is 0. The van der Waals surface area contributed by atoms with Crippen molar-refractivity contribution in [3.05, 3.63) is 0 Å². The van der Waals surface area contributed by atoms with Crippen LogP contribution in [0.2, 0.25) is 4.44 Å². The molecule has 6 nitrogen and oxygen atoms in total. The summed E-state index contributed by atoms with van der Waals surface area (Å²) in [5.74, 6) is 2.23. The Kier molecular flexibility index (Phi) is 50.9. The van der Waals surface area contributed by atoms with Crippen LogP contribution in [-0.2, 0) is 28.6 Å². The second kappa shape index (κ2) is 50.7. The van der Waals surface area contributed by atoms with Gasteiger partial charge in [0.1, 0.15) is 0 Å². The zero-order chi connectivity index (χ0) is 45.3. The SMILES string of the molecule is CCCCCCCCCCCCCC(=O)OCC[S][Sn]([CH2]CCC)([S]CCOC(=O)CCCCCCCCCCCCC)[S]CCOC(=O)CCCCCCCCCCCCC. The molecule has 0 aromatic carbocycles. The normalized spacial score (nSPS) is 11.6. The summed E-state index contributed by atoms with van der Waals surface area (Å²) < 4.78 is 18.4. The fraction of sp³-hybridized carbons (Fsp3) is 0.942. The molecule has 0 aliphatic heterocycles. The number of hydrogen-bond donors (Lipinski definition) is 0. The summed E-state index contributed by atoms with van der Waals surface area (Å²) in [7, 11) is 6.15. The minimum Gasteiger partial charge on any atom is -0.0654 e. The maximum atomic E-state index is 12.6. The van der Waals surface area contributed by atoms with E-state index >= 15 is 0 Å². The average molecular weight is 1040 g/mol. The molecule has 0 atom stereocenters. The van der Waals surface area contributed by atoms with Crippen molar-refractivity contribution in [3.8, 4) is 0 Å². The Labute approximate surface area is 398 Å². The number of carbonyl (C=O) groups excluding carboxylic acids is 3. The second-order valence-corrected chi connectivity index (χ2v) is 51.9. The van der Waals surface area contributed by atoms with E-state index in [1.807, 2.05) is 0 Å². The molecule has 0 aliphatic rings. The van der Waals surface area contributed by atoms with Crippen molar-refractivity contribution in [3.63, 3.8) is 0 Å². The van der Waals surface area contributed by atoms with Gasteiger partial charge in [-0.25, -0.2) is 0 Å². The molecule has 10 heteroatoms. The quantitative estimate of drug-likeness (QED) is 0.0256. The monoisotopic (exact) mass is 1040 g/mol. The third-order valence-electron chi connectivity index (χ3n) is 11.8. The summed E-state index contributed by atoms with van der Waals surface area (Å²) in [6.45, 7) is 10.4. The van der Waals surface area contributed by atoms with Gasteiger partial charge in [0, 0.05) is 0 Å². The van der Waals surface area contributed by atoms with Crippen LogP contribution < -0.4 is 0 Å². The molecule has 0 saturated heterocycles. The van der Waals surface area contributed by atoms with Crippen molar-refractivity contribution < 1.29 is 28.6 Å². The van der Waals surface area contributed by atoms with Crippen molar-refractivity contribution >= 4 is 59.0 Å². The molecule has 0 radical (unpaired) electrons. The van der Waals surface area contributed by atoms with E-state index in [0.29, 0.717) is 39.1 Å². The topological polar surface area (TPSA) is 78.9 Å². The minimum atomic E-state index is -2.97. The molecule has 0 aliphatic carbocycles. The van der Waals surface area contributed by atoms with E-state index in [0.717, 1.165) is 62.2 Å². The molecule has 62 heavy (non-hydrogen) atoms. The molecule has 0 aromatic heterocycles. The van der Waals surface area contributed by atoms with Crippen LogP contribution in [0, 0.1) is 0 Å². The molecule has 0 aromatic rings. The van der Waals surface area contributed by atoms with Crippen LogP contribution >= 0.6 is 26.8 Å². The molecule has 0 fully saturated rings. The van der Waals surface area contributed by atoms with Crippen LogP contribution in [0.15, 0.2) is 0 Å². The Balaban J connectivity index is 4.72. The Morgan fingerprint density at radius 1 is 0.306 bits per heavy atom. The van der Waals surface area contributed by atoms with Gasteiger partial charge in [0.2, 0.25) is 0 Å². The smallest absolute Gasteiger partial charge is 0.0654 e. The Morgan fingerprint density at radius 2 is 0.516 bits per heavy atom.